The highest BCUT2D eigenvalue weighted by Crippen LogP contribution is 2.15. The van der Waals surface area contributed by atoms with Gasteiger partial charge in [-0.15, -0.1) is 0 Å². The van der Waals surface area contributed by atoms with Crippen molar-refractivity contribution in [3.63, 3.8) is 0 Å². The number of rotatable bonds is 1. The van der Waals surface area contributed by atoms with Crippen LogP contribution in [-0.2, 0) is 0 Å². The molecule has 0 atom stereocenters. The molecule has 5 nitrogen and oxygen atoms in total. The van der Waals surface area contributed by atoms with Gasteiger partial charge in [-0.05, 0) is 0 Å². The molecular weight excluding hydrogens is 183 g/mol. The molecule has 0 aliphatic rings. The summed E-state index contributed by atoms with van der Waals surface area (Å²) in [5.41, 5.74) is -0.327. The van der Waals surface area contributed by atoms with E-state index in [0.717, 1.165) is 4.68 Å². The molecule has 0 amide bonds. The summed E-state index contributed by atoms with van der Waals surface area (Å²) >= 11 is 0. The number of hydrogen-bond acceptors (Lipinski definition) is 4. The number of carbonyl (C=O) groups excluding carboxylic acids is 1. The lowest BCUT2D eigenvalue weighted by Crippen LogP contribution is -2.30. The molecule has 0 saturated carbocycles. The van der Waals surface area contributed by atoms with Gasteiger partial charge < -0.3 is 10.0 Å². The van der Waals surface area contributed by atoms with Crippen LogP contribution in [0.4, 0.5) is 0 Å². The van der Waals surface area contributed by atoms with E-state index in [2.05, 4.69) is 5.10 Å². The summed E-state index contributed by atoms with van der Waals surface area (Å²) in [5.74, 6) is -0.190. The normalized spacial score (nSPS) is 11.5. The second-order valence-corrected chi connectivity index (χ2v) is 4.15. The van der Waals surface area contributed by atoms with E-state index < -0.39 is 12.5 Å². The van der Waals surface area contributed by atoms with Crippen LogP contribution in [0.25, 0.3) is 0 Å². The fourth-order valence-electron chi connectivity index (χ4n) is 0.925. The first-order valence-electron chi connectivity index (χ1n) is 4.28. The Kier molecular flexibility index (Phi) is 2.77. The number of aromatic nitrogens is 2. The molecule has 76 valence electrons. The van der Waals surface area contributed by atoms with Gasteiger partial charge in [-0.1, -0.05) is 20.8 Å². The first-order chi connectivity index (χ1) is 6.32. The smallest absolute Gasteiger partial charge is 0.423 e. The number of carbonyl (C=O) groups is 1. The van der Waals surface area contributed by atoms with Crippen molar-refractivity contribution in [1.82, 2.24) is 9.78 Å². The summed E-state index contributed by atoms with van der Waals surface area (Å²) in [5, 5.41) is 21.4. The molecule has 0 aliphatic carbocycles. The van der Waals surface area contributed by atoms with Gasteiger partial charge >= 0.3 is 7.12 Å². The molecule has 0 aromatic carbocycles. The SMILES string of the molecule is CC(C)(C)C(=O)n1cc(B(O)O)cn1. The van der Waals surface area contributed by atoms with Gasteiger partial charge in [0.1, 0.15) is 0 Å². The minimum Gasteiger partial charge on any atom is -0.423 e. The summed E-state index contributed by atoms with van der Waals surface area (Å²) in [4.78, 5) is 11.6. The van der Waals surface area contributed by atoms with Gasteiger partial charge in [0.05, 0.1) is 0 Å². The van der Waals surface area contributed by atoms with E-state index in [4.69, 9.17) is 10.0 Å². The zero-order valence-electron chi connectivity index (χ0n) is 8.43. The highest BCUT2D eigenvalue weighted by atomic mass is 16.4. The molecule has 6 heteroatoms. The van der Waals surface area contributed by atoms with Gasteiger partial charge in [0, 0.05) is 23.3 Å². The van der Waals surface area contributed by atoms with Crippen molar-refractivity contribution in [3.05, 3.63) is 12.4 Å². The van der Waals surface area contributed by atoms with Crippen molar-refractivity contribution >= 4 is 18.5 Å². The Morgan fingerprint density at radius 2 is 2.07 bits per heavy atom. The molecule has 0 fully saturated rings. The molecule has 1 aromatic rings. The molecule has 1 heterocycles. The first-order valence-corrected chi connectivity index (χ1v) is 4.28. The van der Waals surface area contributed by atoms with E-state index in [-0.39, 0.29) is 11.4 Å². The molecule has 0 unspecified atom stereocenters. The highest BCUT2D eigenvalue weighted by Gasteiger charge is 2.25. The molecule has 0 spiro atoms. The van der Waals surface area contributed by atoms with Crippen LogP contribution >= 0.6 is 0 Å². The maximum atomic E-state index is 11.6. The van der Waals surface area contributed by atoms with Gasteiger partial charge in [-0.2, -0.15) is 5.10 Å². The summed E-state index contributed by atoms with van der Waals surface area (Å²) in [6, 6.07) is 0. The van der Waals surface area contributed by atoms with Crippen molar-refractivity contribution in [2.24, 2.45) is 5.41 Å². The van der Waals surface area contributed by atoms with E-state index in [1.54, 1.807) is 20.8 Å². The quantitative estimate of drug-likeness (QED) is 0.579. The molecule has 1 aromatic heterocycles. The van der Waals surface area contributed by atoms with E-state index in [1.807, 2.05) is 0 Å². The van der Waals surface area contributed by atoms with Crippen LogP contribution in [0.5, 0.6) is 0 Å². The van der Waals surface area contributed by atoms with Crippen LogP contribution in [0, 0.1) is 5.41 Å². The fourth-order valence-corrected chi connectivity index (χ4v) is 0.925. The third kappa shape index (κ3) is 2.21. The van der Waals surface area contributed by atoms with Crippen LogP contribution in [0.1, 0.15) is 25.6 Å². The highest BCUT2D eigenvalue weighted by molar-refractivity contribution is 6.58. The van der Waals surface area contributed by atoms with Crippen molar-refractivity contribution in [2.45, 2.75) is 20.8 Å². The Balaban J connectivity index is 2.93. The summed E-state index contributed by atoms with van der Waals surface area (Å²) in [6.45, 7) is 5.31. The summed E-state index contributed by atoms with van der Waals surface area (Å²) < 4.78 is 1.12. The molecule has 2 N–H and O–H groups in total. The lowest BCUT2D eigenvalue weighted by molar-refractivity contribution is 0.0749. The zero-order valence-corrected chi connectivity index (χ0v) is 8.43. The van der Waals surface area contributed by atoms with Crippen molar-refractivity contribution in [3.8, 4) is 0 Å². The molecular formula is C8H13BN2O3. The molecule has 0 saturated heterocycles. The predicted octanol–water partition coefficient (Wildman–Crippen LogP) is -0.751. The zero-order chi connectivity index (χ0) is 10.9. The van der Waals surface area contributed by atoms with Crippen LogP contribution in [0.2, 0.25) is 0 Å². The van der Waals surface area contributed by atoms with Crippen LogP contribution < -0.4 is 5.46 Å². The number of hydrogen-bond donors (Lipinski definition) is 2. The third-order valence-electron chi connectivity index (χ3n) is 1.75. The number of nitrogens with zero attached hydrogens (tertiary/aromatic N) is 2. The van der Waals surface area contributed by atoms with Crippen LogP contribution in [-0.4, -0.2) is 32.9 Å². The average Bonchev–Trinajstić information content (AvgIpc) is 2.48. The third-order valence-corrected chi connectivity index (χ3v) is 1.75. The predicted molar refractivity (Wildman–Crippen MR) is 52.1 cm³/mol. The van der Waals surface area contributed by atoms with E-state index in [0.29, 0.717) is 0 Å². The molecule has 0 bridgehead atoms. The standard InChI is InChI=1S/C8H13BN2O3/c1-8(2,3)7(12)11-5-6(4-10-11)9(13)14/h4-5,13-14H,1-3H3. The van der Waals surface area contributed by atoms with Gasteiger partial charge in [0.25, 0.3) is 5.91 Å². The van der Waals surface area contributed by atoms with Gasteiger partial charge in [0.2, 0.25) is 0 Å². The van der Waals surface area contributed by atoms with Crippen molar-refractivity contribution < 1.29 is 14.8 Å². The summed E-state index contributed by atoms with van der Waals surface area (Å²) in [7, 11) is -1.59. The Morgan fingerprint density at radius 3 is 2.43 bits per heavy atom. The fraction of sp³-hybridized carbons (Fsp3) is 0.500. The molecule has 0 aliphatic heterocycles. The first kappa shape index (κ1) is 10.9. The van der Waals surface area contributed by atoms with Gasteiger partial charge in [-0.3, -0.25) is 4.79 Å². The maximum Gasteiger partial charge on any atom is 0.491 e. The van der Waals surface area contributed by atoms with Crippen molar-refractivity contribution in [2.75, 3.05) is 0 Å². The van der Waals surface area contributed by atoms with Crippen molar-refractivity contribution in [1.29, 1.82) is 0 Å². The second-order valence-electron chi connectivity index (χ2n) is 4.15. The van der Waals surface area contributed by atoms with Crippen LogP contribution in [0.15, 0.2) is 12.4 Å². The molecule has 14 heavy (non-hydrogen) atoms. The molecule has 1 rings (SSSR count). The Bertz CT molecular complexity index is 341. The second kappa shape index (κ2) is 3.55. The van der Waals surface area contributed by atoms with Crippen LogP contribution in [0.3, 0.4) is 0 Å². The van der Waals surface area contributed by atoms with Gasteiger partial charge in [0.15, 0.2) is 0 Å². The largest absolute Gasteiger partial charge is 0.491 e. The van der Waals surface area contributed by atoms with Gasteiger partial charge in [-0.25, -0.2) is 4.68 Å². The Morgan fingerprint density at radius 1 is 1.50 bits per heavy atom. The summed E-state index contributed by atoms with van der Waals surface area (Å²) in [6.07, 6.45) is 2.58. The average molecular weight is 196 g/mol. The minimum absolute atomic E-state index is 0.190. The Hall–Kier alpha value is -1.14. The van der Waals surface area contributed by atoms with E-state index >= 15 is 0 Å². The van der Waals surface area contributed by atoms with E-state index in [1.165, 1.54) is 12.4 Å². The lowest BCUT2D eigenvalue weighted by atomic mass is 9.83. The minimum atomic E-state index is -1.59. The topological polar surface area (TPSA) is 75.4 Å². The molecule has 0 radical (unpaired) electrons. The maximum absolute atomic E-state index is 11.6. The monoisotopic (exact) mass is 196 g/mol. The Labute approximate surface area is 82.5 Å². The lowest BCUT2D eigenvalue weighted by Gasteiger charge is -2.15. The van der Waals surface area contributed by atoms with E-state index in [9.17, 15) is 4.79 Å².